The highest BCUT2D eigenvalue weighted by molar-refractivity contribution is 6.23. The standard InChI is InChI=1S/C9H5ClN2O4/c10-11-7(9(13)14)4-5-2-1-3-6(8(5)11)12(15)16/h1-4H,(H,13,14). The lowest BCUT2D eigenvalue weighted by molar-refractivity contribution is -0.383. The van der Waals surface area contributed by atoms with Crippen LogP contribution in [0.25, 0.3) is 10.9 Å². The minimum absolute atomic E-state index is 0.0894. The Bertz CT molecular complexity index is 605. The van der Waals surface area contributed by atoms with E-state index >= 15 is 0 Å². The summed E-state index contributed by atoms with van der Waals surface area (Å²) in [5.41, 5.74) is -0.336. The Balaban J connectivity index is 2.87. The van der Waals surface area contributed by atoms with E-state index in [1.165, 1.54) is 18.2 Å². The second-order valence-corrected chi connectivity index (χ2v) is 3.43. The van der Waals surface area contributed by atoms with E-state index in [9.17, 15) is 14.9 Å². The maximum Gasteiger partial charge on any atom is 0.353 e. The molecule has 0 radical (unpaired) electrons. The van der Waals surface area contributed by atoms with Crippen molar-refractivity contribution in [1.29, 1.82) is 0 Å². The topological polar surface area (TPSA) is 85.4 Å². The van der Waals surface area contributed by atoms with Crippen molar-refractivity contribution < 1.29 is 14.8 Å². The summed E-state index contributed by atoms with van der Waals surface area (Å²) in [6.45, 7) is 0. The lowest BCUT2D eigenvalue weighted by Gasteiger charge is -1.97. The van der Waals surface area contributed by atoms with Crippen LogP contribution in [0.15, 0.2) is 24.3 Å². The SMILES string of the molecule is O=C(O)c1cc2cccc([N+](=O)[O-])c2n1Cl. The molecular weight excluding hydrogens is 236 g/mol. The van der Waals surface area contributed by atoms with Crippen molar-refractivity contribution in [3.63, 3.8) is 0 Å². The molecule has 0 atom stereocenters. The number of aromatic nitrogens is 1. The number of benzene rings is 1. The van der Waals surface area contributed by atoms with E-state index in [0.717, 1.165) is 4.09 Å². The number of halogens is 1. The minimum Gasteiger partial charge on any atom is -0.477 e. The molecule has 0 fully saturated rings. The molecule has 7 heteroatoms. The second kappa shape index (κ2) is 3.49. The van der Waals surface area contributed by atoms with Crippen LogP contribution in [0.5, 0.6) is 0 Å². The lowest BCUT2D eigenvalue weighted by atomic mass is 10.2. The highest BCUT2D eigenvalue weighted by Crippen LogP contribution is 2.29. The van der Waals surface area contributed by atoms with Gasteiger partial charge in [-0.3, -0.25) is 10.1 Å². The Kier molecular flexibility index (Phi) is 2.28. The van der Waals surface area contributed by atoms with Crippen LogP contribution < -0.4 is 0 Å². The molecule has 0 aliphatic carbocycles. The van der Waals surface area contributed by atoms with E-state index in [-0.39, 0.29) is 16.9 Å². The first-order valence-electron chi connectivity index (χ1n) is 4.20. The number of aromatic carboxylic acids is 1. The van der Waals surface area contributed by atoms with Gasteiger partial charge in [0.2, 0.25) is 0 Å². The van der Waals surface area contributed by atoms with Crippen molar-refractivity contribution in [2.75, 3.05) is 0 Å². The van der Waals surface area contributed by atoms with Crippen molar-refractivity contribution in [2.45, 2.75) is 0 Å². The number of nitro benzene ring substituents is 1. The molecule has 2 aromatic rings. The van der Waals surface area contributed by atoms with Gasteiger partial charge >= 0.3 is 5.97 Å². The Morgan fingerprint density at radius 1 is 1.50 bits per heavy atom. The van der Waals surface area contributed by atoms with Gasteiger partial charge in [-0.2, -0.15) is 0 Å². The fourth-order valence-electron chi connectivity index (χ4n) is 1.50. The Hall–Kier alpha value is -2.08. The Morgan fingerprint density at radius 3 is 2.75 bits per heavy atom. The molecule has 1 aromatic heterocycles. The van der Waals surface area contributed by atoms with Crippen LogP contribution in [0.4, 0.5) is 5.69 Å². The molecule has 1 N–H and O–H groups in total. The maximum atomic E-state index is 10.8. The third kappa shape index (κ3) is 1.40. The van der Waals surface area contributed by atoms with E-state index in [4.69, 9.17) is 16.9 Å². The van der Waals surface area contributed by atoms with Crippen LogP contribution in [-0.2, 0) is 0 Å². The highest BCUT2D eigenvalue weighted by atomic mass is 35.5. The summed E-state index contributed by atoms with van der Waals surface area (Å²) in [6.07, 6.45) is 0. The van der Waals surface area contributed by atoms with Crippen LogP contribution in [-0.4, -0.2) is 20.1 Å². The van der Waals surface area contributed by atoms with Crippen LogP contribution >= 0.6 is 11.8 Å². The summed E-state index contributed by atoms with van der Waals surface area (Å²) in [5.74, 6) is -1.24. The van der Waals surface area contributed by atoms with Crippen molar-refractivity contribution in [3.8, 4) is 0 Å². The predicted molar refractivity (Wildman–Crippen MR) is 56.8 cm³/mol. The zero-order valence-electron chi connectivity index (χ0n) is 7.75. The average molecular weight is 241 g/mol. The molecule has 1 aromatic carbocycles. The van der Waals surface area contributed by atoms with Gasteiger partial charge in [-0.05, 0) is 6.07 Å². The fraction of sp³-hybridized carbons (Fsp3) is 0. The Labute approximate surface area is 93.9 Å². The third-order valence-corrected chi connectivity index (χ3v) is 2.51. The van der Waals surface area contributed by atoms with Crippen LogP contribution in [0.3, 0.4) is 0 Å². The van der Waals surface area contributed by atoms with Crippen LogP contribution in [0, 0.1) is 10.1 Å². The number of hydrogen-bond acceptors (Lipinski definition) is 3. The molecule has 0 saturated heterocycles. The summed E-state index contributed by atoms with van der Waals surface area (Å²) in [6, 6.07) is 5.60. The molecule has 16 heavy (non-hydrogen) atoms. The molecule has 0 spiro atoms. The molecule has 2 rings (SSSR count). The number of carboxylic acid groups (broad SMARTS) is 1. The third-order valence-electron chi connectivity index (χ3n) is 2.16. The summed E-state index contributed by atoms with van der Waals surface area (Å²) >= 11 is 5.73. The van der Waals surface area contributed by atoms with Gasteiger partial charge in [-0.15, -0.1) is 0 Å². The molecule has 0 unspecified atom stereocenters. The van der Waals surface area contributed by atoms with Gasteiger partial charge in [0.1, 0.15) is 11.2 Å². The number of hydrogen-bond donors (Lipinski definition) is 1. The van der Waals surface area contributed by atoms with Crippen molar-refractivity contribution >= 4 is 34.3 Å². The van der Waals surface area contributed by atoms with E-state index in [1.807, 2.05) is 0 Å². The molecular formula is C9H5ClN2O4. The van der Waals surface area contributed by atoms with Crippen LogP contribution in [0.1, 0.15) is 10.5 Å². The van der Waals surface area contributed by atoms with Crippen molar-refractivity contribution in [2.24, 2.45) is 0 Å². The molecule has 1 heterocycles. The van der Waals surface area contributed by atoms with Gasteiger partial charge in [0, 0.05) is 23.2 Å². The van der Waals surface area contributed by atoms with E-state index in [1.54, 1.807) is 6.07 Å². The number of nitrogens with zero attached hydrogens (tertiary/aromatic N) is 2. The summed E-state index contributed by atoms with van der Waals surface area (Å²) in [4.78, 5) is 20.9. The number of fused-ring (bicyclic) bond motifs is 1. The second-order valence-electron chi connectivity index (χ2n) is 3.09. The molecule has 82 valence electrons. The first kappa shape index (κ1) is 10.4. The zero-order chi connectivity index (χ0) is 11.9. The predicted octanol–water partition coefficient (Wildman–Crippen LogP) is 2.25. The number of nitro groups is 1. The van der Waals surface area contributed by atoms with Gasteiger partial charge in [-0.25, -0.2) is 8.88 Å². The largest absolute Gasteiger partial charge is 0.477 e. The smallest absolute Gasteiger partial charge is 0.353 e. The highest BCUT2D eigenvalue weighted by Gasteiger charge is 2.20. The monoisotopic (exact) mass is 240 g/mol. The molecule has 0 aliphatic rings. The van der Waals surface area contributed by atoms with Gasteiger partial charge in [-0.1, -0.05) is 12.1 Å². The van der Waals surface area contributed by atoms with E-state index < -0.39 is 10.9 Å². The first-order valence-corrected chi connectivity index (χ1v) is 4.54. The number of para-hydroxylation sites is 1. The van der Waals surface area contributed by atoms with Gasteiger partial charge in [0.15, 0.2) is 0 Å². The molecule has 0 saturated carbocycles. The first-order chi connectivity index (χ1) is 7.52. The number of non-ortho nitro benzene ring substituents is 1. The summed E-state index contributed by atoms with van der Waals surface area (Å²) in [5, 5.41) is 20.0. The van der Waals surface area contributed by atoms with Gasteiger partial charge < -0.3 is 5.11 Å². The van der Waals surface area contributed by atoms with Crippen LogP contribution in [0.2, 0.25) is 0 Å². The van der Waals surface area contributed by atoms with Gasteiger partial charge in [0.25, 0.3) is 5.69 Å². The maximum absolute atomic E-state index is 10.8. The summed E-state index contributed by atoms with van der Waals surface area (Å²) < 4.78 is 0.787. The van der Waals surface area contributed by atoms with Gasteiger partial charge in [0.05, 0.1) is 4.92 Å². The average Bonchev–Trinajstić information content (AvgIpc) is 2.56. The number of carbonyl (C=O) groups is 1. The molecule has 0 bridgehead atoms. The fourth-order valence-corrected chi connectivity index (χ4v) is 1.80. The molecule has 6 nitrogen and oxygen atoms in total. The molecule has 0 aliphatic heterocycles. The number of carboxylic acids is 1. The quantitative estimate of drug-likeness (QED) is 0.644. The van der Waals surface area contributed by atoms with E-state index in [0.29, 0.717) is 5.39 Å². The van der Waals surface area contributed by atoms with E-state index in [2.05, 4.69) is 0 Å². The number of rotatable bonds is 2. The zero-order valence-corrected chi connectivity index (χ0v) is 8.51. The Morgan fingerprint density at radius 2 is 2.19 bits per heavy atom. The normalized spacial score (nSPS) is 10.6. The lowest BCUT2D eigenvalue weighted by Crippen LogP contribution is -2.01. The minimum atomic E-state index is -1.24. The molecule has 0 amide bonds. The van der Waals surface area contributed by atoms with Crippen molar-refractivity contribution in [3.05, 3.63) is 40.1 Å². The van der Waals surface area contributed by atoms with Crippen molar-refractivity contribution in [1.82, 2.24) is 4.09 Å². The summed E-state index contributed by atoms with van der Waals surface area (Å²) in [7, 11) is 0.